The quantitative estimate of drug-likeness (QED) is 0.0658. The Bertz CT molecular complexity index is 2180. The fraction of sp³-hybridized carbons (Fsp3) is 0.415. The van der Waals surface area contributed by atoms with Crippen molar-refractivity contribution < 1.29 is 56.9 Å². The molecule has 3 aliphatic rings. The van der Waals surface area contributed by atoms with E-state index in [1.807, 2.05) is 166 Å². The lowest BCUT2D eigenvalue weighted by molar-refractivity contribution is -0.383. The number of carbonyl (C=O) groups is 1. The molecule has 0 N–H and O–H groups in total. The Morgan fingerprint density at radius 1 is 0.585 bits per heavy atom. The summed E-state index contributed by atoms with van der Waals surface area (Å²) in [5.41, 5.74) is 4.74. The van der Waals surface area contributed by atoms with Crippen molar-refractivity contribution in [3.8, 4) is 0 Å². The minimum absolute atomic E-state index is 0.0640. The lowest BCUT2D eigenvalue weighted by atomic mass is 9.87. The first-order valence-corrected chi connectivity index (χ1v) is 22.3. The van der Waals surface area contributed by atoms with E-state index < -0.39 is 72.7 Å². The Labute approximate surface area is 381 Å². The summed E-state index contributed by atoms with van der Waals surface area (Å²) in [6.07, 6.45) is -7.12. The highest BCUT2D eigenvalue weighted by Crippen LogP contribution is 2.44. The van der Waals surface area contributed by atoms with Crippen LogP contribution >= 0.6 is 0 Å². The van der Waals surface area contributed by atoms with E-state index in [2.05, 4.69) is 0 Å². The van der Waals surface area contributed by atoms with Gasteiger partial charge in [-0.05, 0) is 41.7 Å². The summed E-state index contributed by atoms with van der Waals surface area (Å²) in [4.78, 5) is 13.3. The van der Waals surface area contributed by atoms with Gasteiger partial charge in [0.25, 0.3) is 0 Å². The van der Waals surface area contributed by atoms with Gasteiger partial charge in [0, 0.05) is 20.5 Å². The zero-order valence-electron chi connectivity index (χ0n) is 37.5. The Morgan fingerprint density at radius 2 is 1.06 bits per heavy atom. The summed E-state index contributed by atoms with van der Waals surface area (Å²) < 4.78 is 73.5. The van der Waals surface area contributed by atoms with Crippen LogP contribution in [-0.4, -0.2) is 86.4 Å². The van der Waals surface area contributed by atoms with E-state index in [-0.39, 0.29) is 39.5 Å². The first kappa shape index (κ1) is 46.7. The molecule has 3 aliphatic heterocycles. The van der Waals surface area contributed by atoms with Gasteiger partial charge in [-0.3, -0.25) is 4.79 Å². The average Bonchev–Trinajstić information content (AvgIpc) is 3.81. The van der Waals surface area contributed by atoms with Crippen LogP contribution in [0.4, 0.5) is 0 Å². The number of rotatable bonds is 21. The summed E-state index contributed by atoms with van der Waals surface area (Å²) in [5, 5.41) is 0. The number of hydrogen-bond donors (Lipinski definition) is 0. The van der Waals surface area contributed by atoms with Crippen LogP contribution in [0.25, 0.3) is 0 Å². The number of benzene rings is 5. The number of esters is 1. The Kier molecular flexibility index (Phi) is 15.9. The van der Waals surface area contributed by atoms with Gasteiger partial charge in [0.15, 0.2) is 18.2 Å². The maximum atomic E-state index is 13.3. The molecule has 8 rings (SSSR count). The molecule has 344 valence electrons. The monoisotopic (exact) mass is 888 g/mol. The van der Waals surface area contributed by atoms with E-state index in [1.165, 1.54) is 6.92 Å². The molecule has 0 amide bonds. The normalized spacial score (nSPS) is 27.5. The van der Waals surface area contributed by atoms with Gasteiger partial charge in [-0.15, -0.1) is 0 Å². The van der Waals surface area contributed by atoms with Crippen LogP contribution in [0.3, 0.4) is 0 Å². The molecule has 12 nitrogen and oxygen atoms in total. The van der Waals surface area contributed by atoms with Crippen molar-refractivity contribution in [3.63, 3.8) is 0 Å². The van der Waals surface area contributed by atoms with Crippen molar-refractivity contribution >= 4 is 5.97 Å². The van der Waals surface area contributed by atoms with Crippen LogP contribution in [0.5, 0.6) is 0 Å². The molecular weight excluding hydrogens is 829 g/mol. The molecule has 5 aromatic carbocycles. The molecule has 0 aromatic heterocycles. The van der Waals surface area contributed by atoms with Crippen LogP contribution in [0.2, 0.25) is 0 Å². The number of methoxy groups -OCH3 is 1. The highest BCUT2D eigenvalue weighted by atomic mass is 16.8. The third-order valence-electron chi connectivity index (χ3n) is 11.8. The molecule has 0 radical (unpaired) electrons. The molecule has 0 bridgehead atoms. The minimum Gasteiger partial charge on any atom is -0.457 e. The Balaban J connectivity index is 1.18. The van der Waals surface area contributed by atoms with E-state index in [4.69, 9.17) is 52.1 Å². The van der Waals surface area contributed by atoms with Crippen LogP contribution < -0.4 is 0 Å². The van der Waals surface area contributed by atoms with Gasteiger partial charge >= 0.3 is 5.97 Å². The summed E-state index contributed by atoms with van der Waals surface area (Å²) in [6.45, 7) is 6.18. The zero-order chi connectivity index (χ0) is 45.1. The van der Waals surface area contributed by atoms with Crippen LogP contribution in [0, 0.1) is 0 Å². The third kappa shape index (κ3) is 12.1. The SMILES string of the molecule is CO[C@]1(COCc2ccccc2)O[C@H](C[C@H](OCc2ccccc2)[C@H]2O[C@@H]3OC(C)(C)O[C@@H]3[C@H]2OCc2ccccc2)[C@@H](OC(C)=O)[C@H](OCc2ccccc2)[C@@H]1OCc1ccccc1. The van der Waals surface area contributed by atoms with Crippen molar-refractivity contribution in [2.24, 2.45) is 0 Å². The van der Waals surface area contributed by atoms with Crippen molar-refractivity contribution in [3.05, 3.63) is 179 Å². The van der Waals surface area contributed by atoms with Gasteiger partial charge in [0.2, 0.25) is 5.79 Å². The van der Waals surface area contributed by atoms with Crippen molar-refractivity contribution in [1.29, 1.82) is 0 Å². The van der Waals surface area contributed by atoms with E-state index in [9.17, 15) is 4.79 Å². The van der Waals surface area contributed by atoms with Gasteiger partial charge in [-0.25, -0.2) is 0 Å². The molecule has 0 unspecified atom stereocenters. The standard InChI is InChI=1S/C53H60O12/c1-37(54)61-46-44(30-43(57-32-39-22-12-6-13-23-39)45-47(58-33-40-24-14-7-15-25-40)49-51(62-45)65-52(2,3)64-49)63-53(55-4,36-56-31-38-20-10-5-11-21-38)50(60-35-42-28-18-9-19-29-42)48(46)59-34-41-26-16-8-17-27-41/h5-29,43-51H,30-36H2,1-4H3/t43-,44+,45+,46+,47-,48-,49+,50-,51+,53+/m0/s1. The highest BCUT2D eigenvalue weighted by molar-refractivity contribution is 5.66. The summed E-state index contributed by atoms with van der Waals surface area (Å²) in [7, 11) is 1.57. The van der Waals surface area contributed by atoms with Crippen molar-refractivity contribution in [1.82, 2.24) is 0 Å². The molecule has 3 fully saturated rings. The maximum absolute atomic E-state index is 13.3. The van der Waals surface area contributed by atoms with E-state index in [0.29, 0.717) is 6.61 Å². The summed E-state index contributed by atoms with van der Waals surface area (Å²) in [5.74, 6) is -3.01. The molecule has 0 spiro atoms. The number of hydrogen-bond acceptors (Lipinski definition) is 12. The van der Waals surface area contributed by atoms with Crippen LogP contribution in [0.15, 0.2) is 152 Å². The molecule has 3 heterocycles. The van der Waals surface area contributed by atoms with Crippen LogP contribution in [-0.2, 0) is 89.9 Å². The number of ether oxygens (including phenoxy) is 11. The minimum atomic E-state index is -1.58. The summed E-state index contributed by atoms with van der Waals surface area (Å²) in [6, 6.07) is 49.3. The second-order valence-corrected chi connectivity index (χ2v) is 17.1. The maximum Gasteiger partial charge on any atom is 0.303 e. The van der Waals surface area contributed by atoms with Crippen molar-refractivity contribution in [2.45, 2.75) is 127 Å². The van der Waals surface area contributed by atoms with E-state index >= 15 is 0 Å². The lowest BCUT2D eigenvalue weighted by Gasteiger charge is -2.52. The van der Waals surface area contributed by atoms with Gasteiger partial charge in [-0.2, -0.15) is 0 Å². The molecule has 10 atom stereocenters. The topological polar surface area (TPSA) is 119 Å². The lowest BCUT2D eigenvalue weighted by Crippen LogP contribution is -2.69. The Morgan fingerprint density at radius 3 is 1.57 bits per heavy atom. The fourth-order valence-electron chi connectivity index (χ4n) is 8.76. The van der Waals surface area contributed by atoms with Gasteiger partial charge in [0.05, 0.1) is 39.1 Å². The molecule has 0 aliphatic carbocycles. The fourth-order valence-corrected chi connectivity index (χ4v) is 8.76. The highest BCUT2D eigenvalue weighted by Gasteiger charge is 2.61. The third-order valence-corrected chi connectivity index (χ3v) is 11.8. The molecule has 5 aromatic rings. The zero-order valence-corrected chi connectivity index (χ0v) is 37.5. The van der Waals surface area contributed by atoms with Gasteiger partial charge in [-0.1, -0.05) is 152 Å². The van der Waals surface area contributed by atoms with E-state index in [0.717, 1.165) is 27.8 Å². The number of fused-ring (bicyclic) bond motifs is 1. The first-order chi connectivity index (χ1) is 31.7. The van der Waals surface area contributed by atoms with Crippen LogP contribution in [0.1, 0.15) is 55.0 Å². The first-order valence-electron chi connectivity index (χ1n) is 22.3. The molecule has 0 saturated carbocycles. The molecule has 3 saturated heterocycles. The average molecular weight is 889 g/mol. The Hall–Kier alpha value is -4.83. The van der Waals surface area contributed by atoms with E-state index in [1.54, 1.807) is 7.11 Å². The van der Waals surface area contributed by atoms with Gasteiger partial charge in [0.1, 0.15) is 43.2 Å². The molecule has 12 heteroatoms. The molecular formula is C53H60O12. The second kappa shape index (κ2) is 22.1. The van der Waals surface area contributed by atoms with Gasteiger partial charge < -0.3 is 52.1 Å². The molecule has 65 heavy (non-hydrogen) atoms. The summed E-state index contributed by atoms with van der Waals surface area (Å²) >= 11 is 0. The largest absolute Gasteiger partial charge is 0.457 e. The second-order valence-electron chi connectivity index (χ2n) is 17.1. The number of carbonyl (C=O) groups excluding carboxylic acids is 1. The van der Waals surface area contributed by atoms with Crippen molar-refractivity contribution in [2.75, 3.05) is 13.7 Å². The predicted molar refractivity (Wildman–Crippen MR) is 240 cm³/mol. The predicted octanol–water partition coefficient (Wildman–Crippen LogP) is 8.48. The smallest absolute Gasteiger partial charge is 0.303 e.